The molecule has 0 radical (unpaired) electrons. The maximum atomic E-state index is 5.50. The van der Waals surface area contributed by atoms with E-state index in [0.29, 0.717) is 0 Å². The van der Waals surface area contributed by atoms with Crippen LogP contribution in [0.3, 0.4) is 0 Å². The lowest BCUT2D eigenvalue weighted by Gasteiger charge is -2.12. The summed E-state index contributed by atoms with van der Waals surface area (Å²) in [6.45, 7) is 0. The van der Waals surface area contributed by atoms with Crippen LogP contribution < -0.4 is 0 Å². The van der Waals surface area contributed by atoms with E-state index in [1.165, 1.54) is 59.1 Å². The van der Waals surface area contributed by atoms with E-state index in [1.54, 1.807) is 11.3 Å². The minimum absolute atomic E-state index is 0.733. The lowest BCUT2D eigenvalue weighted by Crippen LogP contribution is -1.95. The summed E-state index contributed by atoms with van der Waals surface area (Å²) >= 11 is 1.78. The van der Waals surface area contributed by atoms with Crippen molar-refractivity contribution in [3.63, 3.8) is 0 Å². The van der Waals surface area contributed by atoms with Gasteiger partial charge in [0.2, 0.25) is 0 Å². The Kier molecular flexibility index (Phi) is 6.39. The van der Waals surface area contributed by atoms with Crippen molar-refractivity contribution in [2.75, 3.05) is 0 Å². The van der Waals surface area contributed by atoms with Crippen LogP contribution in [0.2, 0.25) is 0 Å². The summed E-state index contributed by atoms with van der Waals surface area (Å²) < 4.78 is 1.25. The molecule has 0 amide bonds. The van der Waals surface area contributed by atoms with Gasteiger partial charge in [-0.15, -0.1) is 11.3 Å². The van der Waals surface area contributed by atoms with E-state index in [9.17, 15) is 0 Å². The summed E-state index contributed by atoms with van der Waals surface area (Å²) in [7, 11) is 0. The molecule has 2 heterocycles. The van der Waals surface area contributed by atoms with Gasteiger partial charge in [-0.3, -0.25) is 0 Å². The number of fused-ring (bicyclic) bond motifs is 9. The first kappa shape index (κ1) is 27.9. The number of rotatable bonds is 4. The predicted molar refractivity (Wildman–Crippen MR) is 209 cm³/mol. The Hall–Kier alpha value is -6.16. The van der Waals surface area contributed by atoms with Gasteiger partial charge in [-0.05, 0) is 61.3 Å². The van der Waals surface area contributed by atoms with Gasteiger partial charge < -0.3 is 0 Å². The van der Waals surface area contributed by atoms with Gasteiger partial charge in [-0.25, -0.2) is 9.97 Å². The number of thiophene rings is 1. The Morgan fingerprint density at radius 3 is 1.67 bits per heavy atom. The molecule has 0 aliphatic rings. The van der Waals surface area contributed by atoms with Gasteiger partial charge in [0.15, 0.2) is 5.82 Å². The van der Waals surface area contributed by atoms with Crippen molar-refractivity contribution in [2.24, 2.45) is 0 Å². The first-order valence-corrected chi connectivity index (χ1v) is 17.4. The molecule has 0 aliphatic heterocycles. The van der Waals surface area contributed by atoms with E-state index >= 15 is 0 Å². The minimum atomic E-state index is 0.733. The second-order valence-corrected chi connectivity index (χ2v) is 13.5. The number of benzene rings is 8. The average Bonchev–Trinajstić information content (AvgIpc) is 3.58. The Labute approximate surface area is 287 Å². The highest BCUT2D eigenvalue weighted by molar-refractivity contribution is 7.26. The van der Waals surface area contributed by atoms with Gasteiger partial charge in [0, 0.05) is 32.0 Å². The molecule has 49 heavy (non-hydrogen) atoms. The average molecular weight is 641 g/mol. The smallest absolute Gasteiger partial charge is 0.161 e. The molecule has 228 valence electrons. The third-order valence-electron chi connectivity index (χ3n) is 9.68. The molecule has 0 saturated carbocycles. The van der Waals surface area contributed by atoms with Crippen LogP contribution in [0.25, 0.3) is 97.5 Å². The molecule has 3 heteroatoms. The molecule has 2 aromatic heterocycles. The van der Waals surface area contributed by atoms with Crippen molar-refractivity contribution in [2.45, 2.75) is 0 Å². The fourth-order valence-corrected chi connectivity index (χ4v) is 8.63. The monoisotopic (exact) mass is 640 g/mol. The highest BCUT2D eigenvalue weighted by atomic mass is 32.1. The zero-order valence-electron chi connectivity index (χ0n) is 26.5. The second-order valence-electron chi connectivity index (χ2n) is 12.5. The Balaban J connectivity index is 1.26. The van der Waals surface area contributed by atoms with Crippen LogP contribution in [-0.4, -0.2) is 9.97 Å². The molecule has 0 atom stereocenters. The van der Waals surface area contributed by atoms with Gasteiger partial charge in [0.05, 0.1) is 5.69 Å². The lowest BCUT2D eigenvalue weighted by molar-refractivity contribution is 1.24. The molecule has 0 fully saturated rings. The molecular formula is C46H28N2S. The zero-order chi connectivity index (χ0) is 32.3. The molecule has 2 nitrogen and oxygen atoms in total. The maximum Gasteiger partial charge on any atom is 0.161 e. The van der Waals surface area contributed by atoms with Gasteiger partial charge >= 0.3 is 0 Å². The van der Waals surface area contributed by atoms with Crippen LogP contribution in [0, 0.1) is 0 Å². The third kappa shape index (κ3) is 4.55. The standard InChI is InChI=1S/C46H28N2S/c1-2-13-29(14-3-1)31-17-10-18-32(27-31)33-19-11-20-34(28-33)45-47-43(39-26-12-16-30-15-4-5-21-35(30)39)42-41-38-24-8-6-22-36(38)37-23-7-9-25-40(37)44(41)49-46(42)48-45/h1-28H. The quantitative estimate of drug-likeness (QED) is 0.179. The molecule has 0 N–H and O–H groups in total. The fourth-order valence-electron chi connectivity index (χ4n) is 7.40. The SMILES string of the molecule is c1ccc(-c2cccc(-c3cccc(-c4nc(-c5cccc6ccccc56)c5c(n4)sc4c6ccccc6c6ccccc6c45)c3)c2)cc1. The van der Waals surface area contributed by atoms with E-state index in [1.807, 2.05) is 0 Å². The van der Waals surface area contributed by atoms with Crippen LogP contribution >= 0.6 is 11.3 Å². The van der Waals surface area contributed by atoms with Crippen LogP contribution in [0.4, 0.5) is 0 Å². The van der Waals surface area contributed by atoms with Crippen molar-refractivity contribution in [3.8, 4) is 44.9 Å². The Morgan fingerprint density at radius 1 is 0.367 bits per heavy atom. The third-order valence-corrected chi connectivity index (χ3v) is 10.8. The lowest BCUT2D eigenvalue weighted by atomic mass is 9.94. The van der Waals surface area contributed by atoms with E-state index in [4.69, 9.17) is 9.97 Å². The number of aromatic nitrogens is 2. The molecule has 0 aliphatic carbocycles. The van der Waals surface area contributed by atoms with Gasteiger partial charge in [0.25, 0.3) is 0 Å². The van der Waals surface area contributed by atoms with E-state index in [0.717, 1.165) is 38.4 Å². The normalized spacial score (nSPS) is 11.7. The highest BCUT2D eigenvalue weighted by Crippen LogP contribution is 2.47. The summed E-state index contributed by atoms with van der Waals surface area (Å²) in [5.41, 5.74) is 7.80. The van der Waals surface area contributed by atoms with Crippen LogP contribution in [0.15, 0.2) is 170 Å². The molecule has 0 bridgehead atoms. The molecule has 8 aromatic carbocycles. The van der Waals surface area contributed by atoms with Crippen LogP contribution in [-0.2, 0) is 0 Å². The summed E-state index contributed by atoms with van der Waals surface area (Å²) in [4.78, 5) is 11.9. The van der Waals surface area contributed by atoms with E-state index in [-0.39, 0.29) is 0 Å². The van der Waals surface area contributed by atoms with Crippen LogP contribution in [0.1, 0.15) is 0 Å². The second kappa shape index (κ2) is 11.2. The van der Waals surface area contributed by atoms with Crippen molar-refractivity contribution < 1.29 is 0 Å². The van der Waals surface area contributed by atoms with E-state index in [2.05, 4.69) is 170 Å². The molecule has 0 unspecified atom stereocenters. The summed E-state index contributed by atoms with van der Waals surface area (Å²) in [5.74, 6) is 0.733. The Morgan fingerprint density at radius 2 is 0.898 bits per heavy atom. The number of nitrogens with zero attached hydrogens (tertiary/aromatic N) is 2. The largest absolute Gasteiger partial charge is 0.227 e. The van der Waals surface area contributed by atoms with Crippen molar-refractivity contribution in [3.05, 3.63) is 170 Å². The first-order valence-electron chi connectivity index (χ1n) is 16.6. The van der Waals surface area contributed by atoms with Gasteiger partial charge in [-0.1, -0.05) is 158 Å². The topological polar surface area (TPSA) is 25.8 Å². The Bertz CT molecular complexity index is 2880. The summed E-state index contributed by atoms with van der Waals surface area (Å²) in [5, 5.41) is 9.75. The van der Waals surface area contributed by atoms with Crippen molar-refractivity contribution in [1.82, 2.24) is 9.97 Å². The minimum Gasteiger partial charge on any atom is -0.227 e. The summed E-state index contributed by atoms with van der Waals surface area (Å²) in [6, 6.07) is 60.7. The van der Waals surface area contributed by atoms with Crippen molar-refractivity contribution in [1.29, 1.82) is 0 Å². The molecule has 0 spiro atoms. The number of hydrogen-bond acceptors (Lipinski definition) is 3. The zero-order valence-corrected chi connectivity index (χ0v) is 27.3. The first-order chi connectivity index (χ1) is 24.3. The highest BCUT2D eigenvalue weighted by Gasteiger charge is 2.22. The molecule has 10 aromatic rings. The van der Waals surface area contributed by atoms with Crippen molar-refractivity contribution >= 4 is 64.0 Å². The molecule has 0 saturated heterocycles. The van der Waals surface area contributed by atoms with Gasteiger partial charge in [0.1, 0.15) is 4.83 Å². The number of hydrogen-bond donors (Lipinski definition) is 0. The molecular weight excluding hydrogens is 613 g/mol. The fraction of sp³-hybridized carbons (Fsp3) is 0. The predicted octanol–water partition coefficient (Wildman–Crippen LogP) is 13.0. The maximum absolute atomic E-state index is 5.50. The molecule has 10 rings (SSSR count). The summed E-state index contributed by atoms with van der Waals surface area (Å²) in [6.07, 6.45) is 0. The van der Waals surface area contributed by atoms with Gasteiger partial charge in [-0.2, -0.15) is 0 Å². The van der Waals surface area contributed by atoms with E-state index < -0.39 is 0 Å². The van der Waals surface area contributed by atoms with Crippen LogP contribution in [0.5, 0.6) is 0 Å².